The fraction of sp³-hybridized carbons (Fsp3) is 0.200. The van der Waals surface area contributed by atoms with Crippen LogP contribution in [0.3, 0.4) is 0 Å². The largest absolute Gasteiger partial charge is 0.497 e. The first-order valence-electron chi connectivity index (χ1n) is 8.04. The second-order valence-corrected chi connectivity index (χ2v) is 7.16. The molecule has 0 aliphatic rings. The van der Waals surface area contributed by atoms with Crippen LogP contribution in [0.1, 0.15) is 0 Å². The molecule has 25 heavy (non-hydrogen) atoms. The molecule has 0 saturated heterocycles. The lowest BCUT2D eigenvalue weighted by atomic mass is 10.2. The monoisotopic (exact) mass is 352 g/mol. The van der Waals surface area contributed by atoms with Crippen LogP contribution in [-0.4, -0.2) is 23.4 Å². The summed E-state index contributed by atoms with van der Waals surface area (Å²) in [5.74, 6) is 1.75. The number of methoxy groups -OCH3 is 2. The van der Waals surface area contributed by atoms with Crippen molar-refractivity contribution < 1.29 is 9.47 Å². The molecule has 5 heteroatoms. The predicted octanol–water partition coefficient (Wildman–Crippen LogP) is 4.84. The number of benzene rings is 2. The van der Waals surface area contributed by atoms with Crippen LogP contribution < -0.4 is 9.47 Å². The Morgan fingerprint density at radius 2 is 1.16 bits per heavy atom. The normalized spacial score (nSPS) is 11.4. The van der Waals surface area contributed by atoms with E-state index in [1.54, 1.807) is 26.0 Å². The third-order valence-electron chi connectivity index (χ3n) is 4.54. The van der Waals surface area contributed by atoms with Crippen LogP contribution in [0.15, 0.2) is 58.6 Å². The Morgan fingerprint density at radius 1 is 0.720 bits per heavy atom. The lowest BCUT2D eigenvalue weighted by Gasteiger charge is -2.03. The topological polar surface area (TPSA) is 28.3 Å². The van der Waals surface area contributed by atoms with Gasteiger partial charge in [-0.2, -0.15) is 0 Å². The minimum atomic E-state index is 0.875. The van der Waals surface area contributed by atoms with Gasteiger partial charge in [-0.1, -0.05) is 11.8 Å². The Morgan fingerprint density at radius 3 is 1.56 bits per heavy atom. The molecule has 128 valence electrons. The van der Waals surface area contributed by atoms with Crippen LogP contribution >= 0.6 is 11.8 Å². The van der Waals surface area contributed by atoms with Crippen LogP contribution in [0.25, 0.3) is 21.8 Å². The maximum absolute atomic E-state index is 5.40. The van der Waals surface area contributed by atoms with Crippen LogP contribution in [-0.2, 0) is 14.1 Å². The van der Waals surface area contributed by atoms with Crippen molar-refractivity contribution in [1.82, 2.24) is 9.13 Å². The standard InChI is InChI=1S/C20H20N2O2S/c1-21-11-19(15-9-13(23-3)5-7-17(15)21)25-20-12-22(2)18-8-6-14(24-4)10-16(18)20/h5-12H,1-4H3. The van der Waals surface area contributed by atoms with E-state index in [1.807, 2.05) is 12.1 Å². The van der Waals surface area contributed by atoms with E-state index >= 15 is 0 Å². The second kappa shape index (κ2) is 6.08. The molecule has 2 aromatic carbocycles. The zero-order chi connectivity index (χ0) is 17.6. The van der Waals surface area contributed by atoms with Gasteiger partial charge < -0.3 is 18.6 Å². The maximum atomic E-state index is 5.40. The summed E-state index contributed by atoms with van der Waals surface area (Å²) < 4.78 is 15.1. The average Bonchev–Trinajstić information content (AvgIpc) is 3.11. The molecule has 4 rings (SSSR count). The summed E-state index contributed by atoms with van der Waals surface area (Å²) in [6.07, 6.45) is 4.35. The highest BCUT2D eigenvalue weighted by molar-refractivity contribution is 7.99. The fourth-order valence-corrected chi connectivity index (χ4v) is 4.41. The molecule has 4 aromatic rings. The molecule has 2 aromatic heterocycles. The Hall–Kier alpha value is -2.53. The molecule has 2 heterocycles. The highest BCUT2D eigenvalue weighted by Crippen LogP contribution is 2.40. The van der Waals surface area contributed by atoms with E-state index in [4.69, 9.17) is 9.47 Å². The van der Waals surface area contributed by atoms with Crippen molar-refractivity contribution in [3.63, 3.8) is 0 Å². The van der Waals surface area contributed by atoms with Gasteiger partial charge in [-0.25, -0.2) is 0 Å². The van der Waals surface area contributed by atoms with Crippen molar-refractivity contribution in [1.29, 1.82) is 0 Å². The van der Waals surface area contributed by atoms with Gasteiger partial charge in [-0.3, -0.25) is 0 Å². The summed E-state index contributed by atoms with van der Waals surface area (Å²) in [6.45, 7) is 0. The number of nitrogens with zero attached hydrogens (tertiary/aromatic N) is 2. The first-order valence-corrected chi connectivity index (χ1v) is 8.86. The molecule has 0 atom stereocenters. The van der Waals surface area contributed by atoms with Crippen LogP contribution in [0.4, 0.5) is 0 Å². The number of fused-ring (bicyclic) bond motifs is 2. The van der Waals surface area contributed by atoms with E-state index in [-0.39, 0.29) is 0 Å². The van der Waals surface area contributed by atoms with Gasteiger partial charge in [-0.15, -0.1) is 0 Å². The van der Waals surface area contributed by atoms with Crippen LogP contribution in [0.5, 0.6) is 11.5 Å². The third kappa shape index (κ3) is 2.65. The molecule has 0 saturated carbocycles. The van der Waals surface area contributed by atoms with Gasteiger partial charge in [0.05, 0.1) is 14.2 Å². The smallest absolute Gasteiger partial charge is 0.119 e. The number of ether oxygens (including phenoxy) is 2. The summed E-state index contributed by atoms with van der Waals surface area (Å²) in [4.78, 5) is 2.43. The van der Waals surface area contributed by atoms with E-state index in [1.165, 1.54) is 31.6 Å². The first kappa shape index (κ1) is 16.0. The van der Waals surface area contributed by atoms with Gasteiger partial charge in [0.1, 0.15) is 11.5 Å². The van der Waals surface area contributed by atoms with Crippen LogP contribution in [0.2, 0.25) is 0 Å². The molecule has 0 amide bonds. The van der Waals surface area contributed by atoms with Gasteiger partial charge in [-0.05, 0) is 36.4 Å². The highest BCUT2D eigenvalue weighted by atomic mass is 32.2. The molecule has 0 aliphatic carbocycles. The summed E-state index contributed by atoms with van der Waals surface area (Å²) in [6, 6.07) is 12.4. The van der Waals surface area contributed by atoms with Gasteiger partial charge in [0, 0.05) is 58.1 Å². The highest BCUT2D eigenvalue weighted by Gasteiger charge is 2.14. The molecule has 0 N–H and O–H groups in total. The Labute approximate surface area is 151 Å². The lowest BCUT2D eigenvalue weighted by Crippen LogP contribution is -1.85. The van der Waals surface area contributed by atoms with E-state index in [9.17, 15) is 0 Å². The van der Waals surface area contributed by atoms with E-state index in [0.29, 0.717) is 0 Å². The van der Waals surface area contributed by atoms with E-state index < -0.39 is 0 Å². The summed E-state index contributed by atoms with van der Waals surface area (Å²) in [7, 11) is 7.55. The molecule has 0 fully saturated rings. The average molecular weight is 352 g/mol. The second-order valence-electron chi connectivity index (χ2n) is 6.08. The number of hydrogen-bond donors (Lipinski definition) is 0. The number of rotatable bonds is 4. The lowest BCUT2D eigenvalue weighted by molar-refractivity contribution is 0.415. The van der Waals surface area contributed by atoms with Crippen molar-refractivity contribution in [3.05, 3.63) is 48.8 Å². The zero-order valence-electron chi connectivity index (χ0n) is 14.7. The minimum Gasteiger partial charge on any atom is -0.497 e. The summed E-state index contributed by atoms with van der Waals surface area (Å²) in [5.41, 5.74) is 2.39. The van der Waals surface area contributed by atoms with Crippen molar-refractivity contribution in [2.75, 3.05) is 14.2 Å². The van der Waals surface area contributed by atoms with Crippen molar-refractivity contribution >= 4 is 33.6 Å². The predicted molar refractivity (Wildman–Crippen MR) is 103 cm³/mol. The molecule has 0 radical (unpaired) electrons. The van der Waals surface area contributed by atoms with Crippen molar-refractivity contribution in [2.24, 2.45) is 14.1 Å². The third-order valence-corrected chi connectivity index (χ3v) is 5.63. The molecular weight excluding hydrogens is 332 g/mol. The zero-order valence-corrected chi connectivity index (χ0v) is 15.6. The minimum absolute atomic E-state index is 0.875. The molecular formula is C20H20N2O2S. The Bertz CT molecular complexity index is 992. The quantitative estimate of drug-likeness (QED) is 0.526. The van der Waals surface area contributed by atoms with E-state index in [2.05, 4.69) is 59.9 Å². The number of aromatic nitrogens is 2. The van der Waals surface area contributed by atoms with Gasteiger partial charge in [0.2, 0.25) is 0 Å². The summed E-state index contributed by atoms with van der Waals surface area (Å²) in [5, 5.41) is 2.40. The number of aryl methyl sites for hydroxylation is 2. The molecule has 0 spiro atoms. The molecule has 0 bridgehead atoms. The maximum Gasteiger partial charge on any atom is 0.119 e. The van der Waals surface area contributed by atoms with Crippen LogP contribution in [0, 0.1) is 0 Å². The van der Waals surface area contributed by atoms with Crippen molar-refractivity contribution in [2.45, 2.75) is 9.79 Å². The van der Waals surface area contributed by atoms with Gasteiger partial charge in [0.15, 0.2) is 0 Å². The molecule has 4 nitrogen and oxygen atoms in total. The Balaban J connectivity index is 1.85. The van der Waals surface area contributed by atoms with Crippen molar-refractivity contribution in [3.8, 4) is 11.5 Å². The van der Waals surface area contributed by atoms with E-state index in [0.717, 1.165) is 11.5 Å². The number of hydrogen-bond acceptors (Lipinski definition) is 3. The fourth-order valence-electron chi connectivity index (χ4n) is 3.21. The Kier molecular flexibility index (Phi) is 3.88. The molecule has 0 aliphatic heterocycles. The van der Waals surface area contributed by atoms with Gasteiger partial charge >= 0.3 is 0 Å². The first-order chi connectivity index (χ1) is 12.1. The SMILES string of the molecule is COc1ccc2c(c1)c(Sc1cn(C)c3ccc(OC)cc13)cn2C. The summed E-state index contributed by atoms with van der Waals surface area (Å²) >= 11 is 1.77. The molecule has 0 unspecified atom stereocenters. The van der Waals surface area contributed by atoms with Gasteiger partial charge in [0.25, 0.3) is 0 Å².